The highest BCUT2D eigenvalue weighted by Crippen LogP contribution is 2.40. The second kappa shape index (κ2) is 8.89. The van der Waals surface area contributed by atoms with Crippen LogP contribution in [0.15, 0.2) is 0 Å². The van der Waals surface area contributed by atoms with Crippen molar-refractivity contribution in [3.8, 4) is 11.5 Å². The first-order valence-electron chi connectivity index (χ1n) is 8.75. The molecule has 0 aromatic rings. The van der Waals surface area contributed by atoms with Crippen LogP contribution in [0.2, 0.25) is 16.6 Å². The van der Waals surface area contributed by atoms with Crippen molar-refractivity contribution in [1.29, 1.82) is 0 Å². The Morgan fingerprint density at radius 1 is 1.00 bits per heavy atom. The van der Waals surface area contributed by atoms with E-state index in [9.17, 15) is 4.79 Å². The molecule has 23 heavy (non-hydrogen) atoms. The van der Waals surface area contributed by atoms with Gasteiger partial charge >= 0.3 is 5.97 Å². The predicted molar refractivity (Wildman–Crippen MR) is 100 cm³/mol. The highest BCUT2D eigenvalue weighted by Gasteiger charge is 2.42. The van der Waals surface area contributed by atoms with Crippen LogP contribution in [0.3, 0.4) is 0 Å². The molecule has 134 valence electrons. The maximum absolute atomic E-state index is 12.2. The van der Waals surface area contributed by atoms with E-state index in [2.05, 4.69) is 53.0 Å². The molecule has 4 heteroatoms. The van der Waals surface area contributed by atoms with Crippen LogP contribution in [0.25, 0.3) is 0 Å². The molecule has 1 unspecified atom stereocenters. The molecule has 0 heterocycles. The van der Waals surface area contributed by atoms with Crippen molar-refractivity contribution < 1.29 is 14.3 Å². The Hall–Kier alpha value is -0.793. The van der Waals surface area contributed by atoms with Crippen molar-refractivity contribution in [3.05, 3.63) is 0 Å². The Kier molecular flexibility index (Phi) is 8.58. The molecule has 0 aliphatic carbocycles. The summed E-state index contributed by atoms with van der Waals surface area (Å²) in [5.41, 5.74) is 4.68. The SMILES string of the molecule is CCOC(=O)C(C#C[Si](C(C)C)(C(C)C)C(C)C)OC(C)(C)C. The van der Waals surface area contributed by atoms with Gasteiger partial charge in [0.1, 0.15) is 8.07 Å². The minimum atomic E-state index is -1.88. The lowest BCUT2D eigenvalue weighted by Gasteiger charge is -2.38. The largest absolute Gasteiger partial charge is 0.463 e. The molecule has 0 aliphatic heterocycles. The molecule has 0 amide bonds. The van der Waals surface area contributed by atoms with Crippen LogP contribution in [0.1, 0.15) is 69.2 Å². The number of carbonyl (C=O) groups is 1. The van der Waals surface area contributed by atoms with Crippen molar-refractivity contribution in [2.45, 2.75) is 97.6 Å². The first-order chi connectivity index (χ1) is 10.4. The molecule has 0 fully saturated rings. The maximum atomic E-state index is 12.2. The van der Waals surface area contributed by atoms with Crippen LogP contribution in [0, 0.1) is 11.5 Å². The van der Waals surface area contributed by atoms with E-state index >= 15 is 0 Å². The molecule has 0 aliphatic rings. The van der Waals surface area contributed by atoms with Crippen LogP contribution < -0.4 is 0 Å². The predicted octanol–water partition coefficient (Wildman–Crippen LogP) is 4.95. The summed E-state index contributed by atoms with van der Waals surface area (Å²) < 4.78 is 11.0. The summed E-state index contributed by atoms with van der Waals surface area (Å²) >= 11 is 0. The normalized spacial score (nSPS) is 14.0. The van der Waals surface area contributed by atoms with Crippen LogP contribution in [-0.4, -0.2) is 32.4 Å². The minimum Gasteiger partial charge on any atom is -0.463 e. The molecule has 0 N–H and O–H groups in total. The molecular weight excluding hydrogens is 304 g/mol. The first kappa shape index (κ1) is 22.2. The lowest BCUT2D eigenvalue weighted by Crippen LogP contribution is -2.44. The fourth-order valence-electron chi connectivity index (χ4n) is 3.33. The van der Waals surface area contributed by atoms with Crippen molar-refractivity contribution in [2.24, 2.45) is 0 Å². The average Bonchev–Trinajstić information content (AvgIpc) is 2.35. The topological polar surface area (TPSA) is 35.5 Å². The van der Waals surface area contributed by atoms with Crippen LogP contribution in [0.5, 0.6) is 0 Å². The van der Waals surface area contributed by atoms with E-state index in [0.717, 1.165) is 0 Å². The highest BCUT2D eigenvalue weighted by molar-refractivity contribution is 6.90. The standard InChI is InChI=1S/C19H36O3Si/c1-11-21-18(20)17(22-19(8,9)10)12-13-23(14(2)3,15(4)5)16(6)7/h14-17H,11H2,1-10H3. The highest BCUT2D eigenvalue weighted by atomic mass is 28.3. The van der Waals surface area contributed by atoms with Gasteiger partial charge in [0.15, 0.2) is 0 Å². The van der Waals surface area contributed by atoms with Gasteiger partial charge in [-0.05, 0) is 44.3 Å². The van der Waals surface area contributed by atoms with Gasteiger partial charge in [0.25, 0.3) is 0 Å². The molecule has 1 atom stereocenters. The zero-order valence-electron chi connectivity index (χ0n) is 16.7. The van der Waals surface area contributed by atoms with Gasteiger partial charge in [-0.2, -0.15) is 0 Å². The summed E-state index contributed by atoms with van der Waals surface area (Å²) in [6.45, 7) is 21.5. The monoisotopic (exact) mass is 340 g/mol. The molecule has 0 saturated heterocycles. The molecule has 0 bridgehead atoms. The van der Waals surface area contributed by atoms with Crippen molar-refractivity contribution >= 4 is 14.0 Å². The zero-order valence-corrected chi connectivity index (χ0v) is 17.7. The second-order valence-electron chi connectivity index (χ2n) is 8.03. The third-order valence-electron chi connectivity index (χ3n) is 4.26. The van der Waals surface area contributed by atoms with E-state index in [4.69, 9.17) is 9.47 Å². The van der Waals surface area contributed by atoms with Gasteiger partial charge in [0.05, 0.1) is 12.2 Å². The average molecular weight is 341 g/mol. The third-order valence-corrected chi connectivity index (χ3v) is 10.6. The molecule has 0 aromatic heterocycles. The van der Waals surface area contributed by atoms with Gasteiger partial charge in [-0.3, -0.25) is 0 Å². The van der Waals surface area contributed by atoms with Gasteiger partial charge < -0.3 is 9.47 Å². The fourth-order valence-corrected chi connectivity index (χ4v) is 8.58. The number of carbonyl (C=O) groups excluding carboxylic acids is 1. The summed E-state index contributed by atoms with van der Waals surface area (Å²) in [5, 5.41) is 0. The zero-order chi connectivity index (χ0) is 18.4. The molecule has 3 nitrogen and oxygen atoms in total. The lowest BCUT2D eigenvalue weighted by atomic mass is 10.2. The third kappa shape index (κ3) is 6.31. The number of ether oxygens (including phenoxy) is 2. The second-order valence-corrected chi connectivity index (χ2v) is 13.6. The molecule has 0 aromatic carbocycles. The van der Waals surface area contributed by atoms with Gasteiger partial charge in [0, 0.05) is 0 Å². The molecule has 0 rings (SSSR count). The van der Waals surface area contributed by atoms with Gasteiger partial charge in [0.2, 0.25) is 6.10 Å². The Labute approximate surface area is 144 Å². The smallest absolute Gasteiger partial charge is 0.347 e. The Morgan fingerprint density at radius 2 is 1.43 bits per heavy atom. The van der Waals surface area contributed by atoms with E-state index in [-0.39, 0.29) is 5.97 Å². The van der Waals surface area contributed by atoms with E-state index in [1.165, 1.54) is 0 Å². The van der Waals surface area contributed by atoms with Gasteiger partial charge in [-0.15, -0.1) is 5.54 Å². The quantitative estimate of drug-likeness (QED) is 0.390. The van der Waals surface area contributed by atoms with E-state index in [1.54, 1.807) is 6.92 Å². The number of esters is 1. The molecular formula is C19H36O3Si. The van der Waals surface area contributed by atoms with Crippen molar-refractivity contribution in [2.75, 3.05) is 6.61 Å². The fraction of sp³-hybridized carbons (Fsp3) is 0.842. The molecule has 0 spiro atoms. The summed E-state index contributed by atoms with van der Waals surface area (Å²) in [7, 11) is -1.88. The van der Waals surface area contributed by atoms with Crippen LogP contribution >= 0.6 is 0 Å². The van der Waals surface area contributed by atoms with Gasteiger partial charge in [-0.25, -0.2) is 4.79 Å². The number of hydrogen-bond donors (Lipinski definition) is 0. The van der Waals surface area contributed by atoms with Crippen LogP contribution in [0.4, 0.5) is 0 Å². The summed E-state index contributed by atoms with van der Waals surface area (Å²) in [4.78, 5) is 12.2. The molecule has 0 saturated carbocycles. The lowest BCUT2D eigenvalue weighted by molar-refractivity contribution is -0.159. The van der Waals surface area contributed by atoms with Crippen molar-refractivity contribution in [3.63, 3.8) is 0 Å². The number of hydrogen-bond acceptors (Lipinski definition) is 3. The Bertz CT molecular complexity index is 414. The maximum Gasteiger partial charge on any atom is 0.347 e. The molecule has 0 radical (unpaired) electrons. The first-order valence-corrected chi connectivity index (χ1v) is 11.0. The summed E-state index contributed by atoms with van der Waals surface area (Å²) in [5.74, 6) is 2.78. The Balaban J connectivity index is 5.78. The summed E-state index contributed by atoms with van der Waals surface area (Å²) in [6, 6.07) is 0. The van der Waals surface area contributed by atoms with Crippen molar-refractivity contribution in [1.82, 2.24) is 0 Å². The Morgan fingerprint density at radius 3 is 1.74 bits per heavy atom. The minimum absolute atomic E-state index is 0.339. The van der Waals surface area contributed by atoms with E-state index in [0.29, 0.717) is 23.2 Å². The van der Waals surface area contributed by atoms with Gasteiger partial charge in [-0.1, -0.05) is 47.5 Å². The number of rotatable bonds is 6. The van der Waals surface area contributed by atoms with E-state index < -0.39 is 19.8 Å². The van der Waals surface area contributed by atoms with E-state index in [1.807, 2.05) is 20.8 Å². The summed E-state index contributed by atoms with van der Waals surface area (Å²) in [6.07, 6.45) is -0.807. The van der Waals surface area contributed by atoms with Crippen LogP contribution in [-0.2, 0) is 14.3 Å².